The van der Waals surface area contributed by atoms with Crippen molar-refractivity contribution in [2.24, 2.45) is 0 Å². The van der Waals surface area contributed by atoms with Crippen LogP contribution in [0.2, 0.25) is 0 Å². The highest BCUT2D eigenvalue weighted by atomic mass is 16.7. The fraction of sp³-hybridized carbons (Fsp3) is 0.538. The van der Waals surface area contributed by atoms with E-state index in [1.165, 1.54) is 5.56 Å². The molecular formula is C13H18O4. The maximum absolute atomic E-state index is 5.72. The second-order valence-corrected chi connectivity index (χ2v) is 4.12. The van der Waals surface area contributed by atoms with Crippen molar-refractivity contribution in [3.05, 3.63) is 23.3 Å². The van der Waals surface area contributed by atoms with Crippen molar-refractivity contribution in [2.75, 3.05) is 21.3 Å². The molecule has 0 amide bonds. The Morgan fingerprint density at radius 3 is 2.35 bits per heavy atom. The Morgan fingerprint density at radius 1 is 1.12 bits per heavy atom. The Bertz CT molecular complexity index is 403. The molecule has 0 aromatic heterocycles. The molecule has 0 saturated carbocycles. The molecule has 0 bridgehead atoms. The topological polar surface area (TPSA) is 36.9 Å². The van der Waals surface area contributed by atoms with Crippen molar-refractivity contribution in [2.45, 2.75) is 25.7 Å². The molecule has 1 aromatic carbocycles. The number of ether oxygens (including phenoxy) is 4. The minimum Gasteiger partial charge on any atom is -0.493 e. The lowest BCUT2D eigenvalue weighted by atomic mass is 9.97. The largest absolute Gasteiger partial charge is 0.493 e. The van der Waals surface area contributed by atoms with Crippen molar-refractivity contribution >= 4 is 0 Å². The molecule has 4 nitrogen and oxygen atoms in total. The number of hydrogen-bond donors (Lipinski definition) is 0. The third-order valence-electron chi connectivity index (χ3n) is 2.98. The molecule has 0 saturated heterocycles. The van der Waals surface area contributed by atoms with E-state index < -0.39 is 0 Å². The van der Waals surface area contributed by atoms with E-state index >= 15 is 0 Å². The van der Waals surface area contributed by atoms with Gasteiger partial charge in [0.25, 0.3) is 0 Å². The smallest absolute Gasteiger partial charge is 0.184 e. The van der Waals surface area contributed by atoms with Gasteiger partial charge in [0.1, 0.15) is 0 Å². The van der Waals surface area contributed by atoms with Crippen LogP contribution in [0, 0.1) is 0 Å². The molecule has 0 N–H and O–H groups in total. The van der Waals surface area contributed by atoms with Crippen LogP contribution in [0.25, 0.3) is 0 Å². The lowest BCUT2D eigenvalue weighted by Gasteiger charge is -2.30. The van der Waals surface area contributed by atoms with Gasteiger partial charge in [-0.05, 0) is 31.0 Å². The fourth-order valence-corrected chi connectivity index (χ4v) is 2.16. The molecule has 0 aliphatic carbocycles. The number of fused-ring (bicyclic) bond motifs is 1. The zero-order valence-corrected chi connectivity index (χ0v) is 10.6. The van der Waals surface area contributed by atoms with Crippen LogP contribution in [0.3, 0.4) is 0 Å². The van der Waals surface area contributed by atoms with Crippen LogP contribution in [0.4, 0.5) is 0 Å². The molecule has 0 radical (unpaired) electrons. The third-order valence-corrected chi connectivity index (χ3v) is 2.98. The monoisotopic (exact) mass is 238 g/mol. The molecule has 0 fully saturated rings. The quantitative estimate of drug-likeness (QED) is 0.809. The van der Waals surface area contributed by atoms with Gasteiger partial charge in [0.15, 0.2) is 17.8 Å². The Balaban J connectivity index is 2.47. The molecular weight excluding hydrogens is 220 g/mol. The van der Waals surface area contributed by atoms with Gasteiger partial charge in [0, 0.05) is 12.7 Å². The molecule has 94 valence electrons. The summed E-state index contributed by atoms with van der Waals surface area (Å²) in [6, 6.07) is 3.92. The molecule has 1 aliphatic heterocycles. The van der Waals surface area contributed by atoms with Crippen LogP contribution in [0.1, 0.15) is 24.3 Å². The zero-order valence-electron chi connectivity index (χ0n) is 10.6. The normalized spacial score (nSPS) is 23.1. The molecule has 0 unspecified atom stereocenters. The summed E-state index contributed by atoms with van der Waals surface area (Å²) in [6.45, 7) is 2.03. The summed E-state index contributed by atoms with van der Waals surface area (Å²) in [4.78, 5) is 0. The van der Waals surface area contributed by atoms with Gasteiger partial charge < -0.3 is 18.9 Å². The van der Waals surface area contributed by atoms with E-state index in [-0.39, 0.29) is 12.4 Å². The predicted octanol–water partition coefficient (Wildman–Crippen LogP) is 2.31. The van der Waals surface area contributed by atoms with Crippen molar-refractivity contribution in [3.63, 3.8) is 0 Å². The minimum absolute atomic E-state index is 0.144. The number of hydrogen-bond acceptors (Lipinski definition) is 4. The standard InChI is InChI=1S/C13H18O4/c1-8-5-9-6-11(14-2)12(15-3)7-10(9)13(16-4)17-8/h6-8,13H,5H2,1-4H3/t8-,13+/m0/s1. The lowest BCUT2D eigenvalue weighted by molar-refractivity contribution is -0.163. The van der Waals surface area contributed by atoms with Crippen LogP contribution in [0.5, 0.6) is 11.5 Å². The predicted molar refractivity (Wildman–Crippen MR) is 63.5 cm³/mol. The van der Waals surface area contributed by atoms with Crippen molar-refractivity contribution in [3.8, 4) is 11.5 Å². The van der Waals surface area contributed by atoms with E-state index in [0.29, 0.717) is 5.75 Å². The molecule has 1 aromatic rings. The summed E-state index contributed by atoms with van der Waals surface area (Å²) in [5.41, 5.74) is 2.21. The van der Waals surface area contributed by atoms with Crippen molar-refractivity contribution < 1.29 is 18.9 Å². The Labute approximate surface area is 101 Å². The summed E-state index contributed by atoms with van der Waals surface area (Å²) in [5.74, 6) is 1.45. The third kappa shape index (κ3) is 2.23. The molecule has 4 heteroatoms. The maximum atomic E-state index is 5.72. The first kappa shape index (κ1) is 12.2. The van der Waals surface area contributed by atoms with Gasteiger partial charge in [-0.25, -0.2) is 0 Å². The second-order valence-electron chi connectivity index (χ2n) is 4.12. The SMILES string of the molecule is COc1cc2c(cc1OC)[C@H](OC)O[C@@H](C)C2. The first-order valence-electron chi connectivity index (χ1n) is 5.62. The van der Waals surface area contributed by atoms with Crippen molar-refractivity contribution in [1.29, 1.82) is 0 Å². The Kier molecular flexibility index (Phi) is 3.54. The Morgan fingerprint density at radius 2 is 1.76 bits per heavy atom. The van der Waals surface area contributed by atoms with E-state index in [0.717, 1.165) is 17.7 Å². The maximum Gasteiger partial charge on any atom is 0.184 e. The van der Waals surface area contributed by atoms with Gasteiger partial charge in [-0.1, -0.05) is 0 Å². The molecule has 0 spiro atoms. The fourth-order valence-electron chi connectivity index (χ4n) is 2.16. The zero-order chi connectivity index (χ0) is 12.4. The van der Waals surface area contributed by atoms with Crippen LogP contribution in [-0.4, -0.2) is 27.4 Å². The van der Waals surface area contributed by atoms with E-state index in [1.54, 1.807) is 21.3 Å². The number of benzene rings is 1. The highest BCUT2D eigenvalue weighted by Crippen LogP contribution is 2.38. The molecule has 2 rings (SSSR count). The van der Waals surface area contributed by atoms with Gasteiger partial charge in [-0.2, -0.15) is 0 Å². The van der Waals surface area contributed by atoms with E-state index in [4.69, 9.17) is 18.9 Å². The van der Waals surface area contributed by atoms with Crippen LogP contribution in [-0.2, 0) is 15.9 Å². The Hall–Kier alpha value is -1.26. The number of methoxy groups -OCH3 is 3. The molecule has 1 heterocycles. The van der Waals surface area contributed by atoms with Gasteiger partial charge in [-0.3, -0.25) is 0 Å². The van der Waals surface area contributed by atoms with Gasteiger partial charge in [0.05, 0.1) is 20.3 Å². The average Bonchev–Trinajstić information content (AvgIpc) is 2.35. The summed E-state index contributed by atoms with van der Waals surface area (Å²) in [5, 5.41) is 0. The highest BCUT2D eigenvalue weighted by Gasteiger charge is 2.27. The summed E-state index contributed by atoms with van der Waals surface area (Å²) >= 11 is 0. The molecule has 1 aliphatic rings. The van der Waals surface area contributed by atoms with Crippen molar-refractivity contribution in [1.82, 2.24) is 0 Å². The summed E-state index contributed by atoms with van der Waals surface area (Å²) in [7, 11) is 4.91. The van der Waals surface area contributed by atoms with Gasteiger partial charge >= 0.3 is 0 Å². The van der Waals surface area contributed by atoms with Crippen LogP contribution < -0.4 is 9.47 Å². The lowest BCUT2D eigenvalue weighted by Crippen LogP contribution is -2.24. The summed E-state index contributed by atoms with van der Waals surface area (Å²) < 4.78 is 21.6. The van der Waals surface area contributed by atoms with Gasteiger partial charge in [-0.15, -0.1) is 0 Å². The first-order valence-corrected chi connectivity index (χ1v) is 5.62. The first-order chi connectivity index (χ1) is 8.19. The number of rotatable bonds is 3. The van der Waals surface area contributed by atoms with Crippen LogP contribution >= 0.6 is 0 Å². The van der Waals surface area contributed by atoms with Gasteiger partial charge in [0.2, 0.25) is 0 Å². The van der Waals surface area contributed by atoms with E-state index in [2.05, 4.69) is 0 Å². The highest BCUT2D eigenvalue weighted by molar-refractivity contribution is 5.48. The summed E-state index contributed by atoms with van der Waals surface area (Å²) in [6.07, 6.45) is 0.675. The van der Waals surface area contributed by atoms with E-state index in [9.17, 15) is 0 Å². The minimum atomic E-state index is -0.325. The second kappa shape index (κ2) is 4.94. The van der Waals surface area contributed by atoms with E-state index in [1.807, 2.05) is 19.1 Å². The molecule has 2 atom stereocenters. The van der Waals surface area contributed by atoms with Crippen LogP contribution in [0.15, 0.2) is 12.1 Å². The molecule has 17 heavy (non-hydrogen) atoms. The average molecular weight is 238 g/mol.